The van der Waals surface area contributed by atoms with Gasteiger partial charge < -0.3 is 16.0 Å². The first-order valence-corrected chi connectivity index (χ1v) is 10.1. The number of rotatable bonds is 9. The number of hydrogen-bond donors (Lipinski definition) is 2. The average molecular weight is 364 g/mol. The Morgan fingerprint density at radius 1 is 1.50 bits per heavy atom. The normalized spacial score (nSPS) is 26.4. The summed E-state index contributed by atoms with van der Waals surface area (Å²) in [7, 11) is 0. The van der Waals surface area contributed by atoms with Gasteiger partial charge in [-0.3, -0.25) is 9.69 Å². The quantitative estimate of drug-likeness (QED) is 0.617. The number of guanidine groups is 1. The number of unbranched alkanes of at least 4 members (excludes halogenated alkanes) is 1. The molecule has 6 heteroatoms. The Morgan fingerprint density at radius 3 is 2.88 bits per heavy atom. The second-order valence-electron chi connectivity index (χ2n) is 8.44. The minimum Gasteiger partial charge on any atom is -0.372 e. The lowest BCUT2D eigenvalue weighted by atomic mass is 9.90. The number of carbonyl (C=O) groups excluding carboxylic acids is 1. The van der Waals surface area contributed by atoms with Crippen molar-refractivity contribution < 1.29 is 4.79 Å². The number of nitrogens with one attached hydrogen (secondary N) is 1. The Balaban J connectivity index is 1.93. The van der Waals surface area contributed by atoms with Crippen LogP contribution in [0.2, 0.25) is 0 Å². The Kier molecular flexibility index (Phi) is 6.95. The maximum absolute atomic E-state index is 12.9. The number of aliphatic imine (C=N–C) groups is 1. The van der Waals surface area contributed by atoms with Crippen LogP contribution >= 0.6 is 0 Å². The molecule has 26 heavy (non-hydrogen) atoms. The molecular formula is C20H37N5O. The van der Waals surface area contributed by atoms with E-state index in [2.05, 4.69) is 42.6 Å². The highest BCUT2D eigenvalue weighted by Gasteiger charge is 2.44. The van der Waals surface area contributed by atoms with Gasteiger partial charge in [0, 0.05) is 26.2 Å². The zero-order valence-electron chi connectivity index (χ0n) is 17.1. The van der Waals surface area contributed by atoms with Gasteiger partial charge in [0.1, 0.15) is 5.54 Å². The fourth-order valence-corrected chi connectivity index (χ4v) is 4.10. The van der Waals surface area contributed by atoms with Gasteiger partial charge in [0.05, 0.1) is 5.82 Å². The summed E-state index contributed by atoms with van der Waals surface area (Å²) in [4.78, 5) is 21.5. The molecule has 0 aromatic rings. The van der Waals surface area contributed by atoms with Gasteiger partial charge in [0.2, 0.25) is 0 Å². The Labute approximate surface area is 158 Å². The number of piperidine rings is 1. The summed E-state index contributed by atoms with van der Waals surface area (Å²) < 4.78 is 0. The van der Waals surface area contributed by atoms with Crippen molar-refractivity contribution in [2.45, 2.75) is 65.3 Å². The highest BCUT2D eigenvalue weighted by atomic mass is 16.2. The van der Waals surface area contributed by atoms with E-state index in [1.54, 1.807) is 4.90 Å². The molecule has 148 valence electrons. The summed E-state index contributed by atoms with van der Waals surface area (Å²) in [5.74, 6) is 2.24. The van der Waals surface area contributed by atoms with Crippen molar-refractivity contribution in [2.24, 2.45) is 22.6 Å². The van der Waals surface area contributed by atoms with Gasteiger partial charge in [-0.15, -0.1) is 0 Å². The van der Waals surface area contributed by atoms with Crippen molar-refractivity contribution >= 4 is 11.9 Å². The van der Waals surface area contributed by atoms with Crippen LogP contribution in [0.15, 0.2) is 17.4 Å². The fraction of sp³-hybridized carbons (Fsp3) is 0.800. The van der Waals surface area contributed by atoms with Crippen LogP contribution in [0, 0.1) is 11.8 Å². The lowest BCUT2D eigenvalue weighted by molar-refractivity contribution is -0.131. The zero-order valence-corrected chi connectivity index (χ0v) is 17.1. The molecule has 3 N–H and O–H groups in total. The molecule has 0 spiro atoms. The minimum absolute atomic E-state index is 0.0562. The molecule has 0 radical (unpaired) electrons. The van der Waals surface area contributed by atoms with E-state index < -0.39 is 5.54 Å². The van der Waals surface area contributed by atoms with Crippen LogP contribution in [-0.4, -0.2) is 53.4 Å². The lowest BCUT2D eigenvalue weighted by Gasteiger charge is -2.37. The second-order valence-corrected chi connectivity index (χ2v) is 8.44. The molecule has 0 bridgehead atoms. The van der Waals surface area contributed by atoms with Crippen LogP contribution in [0.5, 0.6) is 0 Å². The number of amides is 1. The lowest BCUT2D eigenvalue weighted by Crippen LogP contribution is -2.48. The molecule has 0 aromatic carbocycles. The number of nitrogens with two attached hydrogens (primary N) is 1. The van der Waals surface area contributed by atoms with E-state index in [0.29, 0.717) is 24.3 Å². The first-order valence-electron chi connectivity index (χ1n) is 10.1. The van der Waals surface area contributed by atoms with Crippen LogP contribution < -0.4 is 11.1 Å². The maximum Gasteiger partial charge on any atom is 0.257 e. The first-order chi connectivity index (χ1) is 12.3. The zero-order chi connectivity index (χ0) is 19.3. The molecule has 2 heterocycles. The van der Waals surface area contributed by atoms with Crippen LogP contribution in [-0.2, 0) is 4.79 Å². The molecule has 2 unspecified atom stereocenters. The van der Waals surface area contributed by atoms with Gasteiger partial charge in [-0.1, -0.05) is 33.8 Å². The standard InChI is InChI=1S/C20H37N5O/c1-6-7-10-22-16(4)24-11-8-9-17(13-24)14-25-18(26)20(5,12-15(2)3)23-19(25)21/h15,17,22H,4,6-14H2,1-3,5H3,(H2,21,23). The van der Waals surface area contributed by atoms with Crippen LogP contribution in [0.4, 0.5) is 0 Å². The SMILES string of the molecule is C=C(NCCCC)N1CCCC(CN2C(=O)C(C)(CC(C)C)N=C2N)C1. The van der Waals surface area contributed by atoms with Crippen molar-refractivity contribution in [1.29, 1.82) is 0 Å². The highest BCUT2D eigenvalue weighted by Crippen LogP contribution is 2.30. The predicted molar refractivity (Wildman–Crippen MR) is 108 cm³/mol. The number of likely N-dealkylation sites (tertiary alicyclic amines) is 1. The van der Waals surface area contributed by atoms with Crippen LogP contribution in [0.1, 0.15) is 59.8 Å². The Morgan fingerprint density at radius 2 is 2.23 bits per heavy atom. The third kappa shape index (κ3) is 4.92. The Bertz CT molecular complexity index is 544. The maximum atomic E-state index is 12.9. The summed E-state index contributed by atoms with van der Waals surface area (Å²) >= 11 is 0. The monoisotopic (exact) mass is 363 g/mol. The molecule has 0 aliphatic carbocycles. The van der Waals surface area contributed by atoms with Crippen molar-refractivity contribution in [3.8, 4) is 0 Å². The van der Waals surface area contributed by atoms with Crippen LogP contribution in [0.3, 0.4) is 0 Å². The molecule has 2 aliphatic rings. The van der Waals surface area contributed by atoms with E-state index in [1.807, 2.05) is 6.92 Å². The van der Waals surface area contributed by atoms with Crippen molar-refractivity contribution in [3.05, 3.63) is 12.4 Å². The summed E-state index contributed by atoms with van der Waals surface area (Å²) in [6.07, 6.45) is 5.28. The topological polar surface area (TPSA) is 74.0 Å². The van der Waals surface area contributed by atoms with Crippen molar-refractivity contribution in [2.75, 3.05) is 26.2 Å². The van der Waals surface area contributed by atoms with Crippen molar-refractivity contribution in [1.82, 2.24) is 15.1 Å². The van der Waals surface area contributed by atoms with Gasteiger partial charge >= 0.3 is 0 Å². The molecule has 1 saturated heterocycles. The van der Waals surface area contributed by atoms with Crippen molar-refractivity contribution in [3.63, 3.8) is 0 Å². The summed E-state index contributed by atoms with van der Waals surface area (Å²) in [6.45, 7) is 16.1. The fourth-order valence-electron chi connectivity index (χ4n) is 4.10. The largest absolute Gasteiger partial charge is 0.372 e. The molecule has 1 fully saturated rings. The van der Waals surface area contributed by atoms with Gasteiger partial charge in [-0.2, -0.15) is 0 Å². The van der Waals surface area contributed by atoms with Gasteiger partial charge in [0.15, 0.2) is 5.96 Å². The minimum atomic E-state index is -0.697. The highest BCUT2D eigenvalue weighted by molar-refractivity contribution is 6.06. The van der Waals surface area contributed by atoms with E-state index in [9.17, 15) is 4.79 Å². The first kappa shape index (κ1) is 20.6. The molecule has 0 saturated carbocycles. The summed E-state index contributed by atoms with van der Waals surface area (Å²) in [6, 6.07) is 0. The predicted octanol–water partition coefficient (Wildman–Crippen LogP) is 2.52. The summed E-state index contributed by atoms with van der Waals surface area (Å²) in [5.41, 5.74) is 5.43. The average Bonchev–Trinajstić information content (AvgIpc) is 2.77. The molecule has 6 nitrogen and oxygen atoms in total. The van der Waals surface area contributed by atoms with Gasteiger partial charge in [-0.05, 0) is 44.4 Å². The summed E-state index contributed by atoms with van der Waals surface area (Å²) in [5, 5.41) is 3.42. The number of carbonyl (C=O) groups is 1. The second kappa shape index (κ2) is 8.78. The third-order valence-electron chi connectivity index (χ3n) is 5.35. The third-order valence-corrected chi connectivity index (χ3v) is 5.35. The van der Waals surface area contributed by atoms with E-state index in [0.717, 1.165) is 51.1 Å². The van der Waals surface area contributed by atoms with E-state index >= 15 is 0 Å². The van der Waals surface area contributed by atoms with Crippen LogP contribution in [0.25, 0.3) is 0 Å². The molecule has 2 aliphatic heterocycles. The van der Waals surface area contributed by atoms with Gasteiger partial charge in [0.25, 0.3) is 5.91 Å². The molecule has 0 aromatic heterocycles. The molecule has 2 atom stereocenters. The smallest absolute Gasteiger partial charge is 0.257 e. The molecular weight excluding hydrogens is 326 g/mol. The number of nitrogens with zero attached hydrogens (tertiary/aromatic N) is 3. The van der Waals surface area contributed by atoms with E-state index in [-0.39, 0.29) is 5.91 Å². The molecule has 2 rings (SSSR count). The van der Waals surface area contributed by atoms with Gasteiger partial charge in [-0.25, -0.2) is 4.99 Å². The molecule has 1 amide bonds. The Hall–Kier alpha value is -1.72. The van der Waals surface area contributed by atoms with E-state index in [1.165, 1.54) is 6.42 Å². The number of hydrogen-bond acceptors (Lipinski definition) is 5. The van der Waals surface area contributed by atoms with E-state index in [4.69, 9.17) is 5.73 Å².